The molecule has 1 unspecified atom stereocenters. The Hall–Kier alpha value is -1.91. The number of aromatic amines is 1. The Labute approximate surface area is 93.3 Å². The average Bonchev–Trinajstić information content (AvgIpc) is 2.30. The number of H-pyrrole nitrogens is 1. The molecule has 0 aromatic carbocycles. The standard InChI is InChI=1S/C11H14N4O/c1-2-8-3-4-9(7-13-8)14-11-12-6-5-10(16)15-11/h4-8H,2-3H2,1H3,(H2,12,14,15,16). The molecule has 16 heavy (non-hydrogen) atoms. The van der Waals surface area contributed by atoms with Gasteiger partial charge in [0, 0.05) is 18.5 Å². The molecule has 0 spiro atoms. The highest BCUT2D eigenvalue weighted by Gasteiger charge is 2.07. The molecule has 0 aliphatic carbocycles. The smallest absolute Gasteiger partial charge is 0.252 e. The van der Waals surface area contributed by atoms with Gasteiger partial charge in [-0.25, -0.2) is 4.98 Å². The number of dihydropyridines is 1. The molecule has 0 fully saturated rings. The molecule has 1 aliphatic heterocycles. The quantitative estimate of drug-likeness (QED) is 0.803. The summed E-state index contributed by atoms with van der Waals surface area (Å²) in [6.45, 7) is 2.12. The topological polar surface area (TPSA) is 70.1 Å². The van der Waals surface area contributed by atoms with Gasteiger partial charge in [0.1, 0.15) is 0 Å². The SMILES string of the molecule is CCC1CC=C(Nc2nccc(=O)[nH]2)C=N1. The van der Waals surface area contributed by atoms with Crippen LogP contribution in [0.4, 0.5) is 5.95 Å². The van der Waals surface area contributed by atoms with Crippen LogP contribution in [0.15, 0.2) is 33.8 Å². The van der Waals surface area contributed by atoms with E-state index in [0.29, 0.717) is 12.0 Å². The number of aliphatic imine (C=N–C) groups is 1. The van der Waals surface area contributed by atoms with E-state index in [1.54, 1.807) is 6.21 Å². The maximum absolute atomic E-state index is 11.0. The van der Waals surface area contributed by atoms with Gasteiger partial charge in [-0.05, 0) is 12.8 Å². The monoisotopic (exact) mass is 218 g/mol. The maximum atomic E-state index is 11.0. The fourth-order valence-corrected chi connectivity index (χ4v) is 1.49. The van der Waals surface area contributed by atoms with E-state index in [4.69, 9.17) is 0 Å². The van der Waals surface area contributed by atoms with Crippen LogP contribution in [0.2, 0.25) is 0 Å². The summed E-state index contributed by atoms with van der Waals surface area (Å²) in [6.07, 6.45) is 7.28. The zero-order valence-corrected chi connectivity index (χ0v) is 9.10. The van der Waals surface area contributed by atoms with Crippen molar-refractivity contribution in [3.05, 3.63) is 34.4 Å². The second-order valence-electron chi connectivity index (χ2n) is 3.64. The maximum Gasteiger partial charge on any atom is 0.252 e. The minimum absolute atomic E-state index is 0.169. The van der Waals surface area contributed by atoms with E-state index in [9.17, 15) is 4.79 Å². The number of allylic oxidation sites excluding steroid dienone is 1. The van der Waals surface area contributed by atoms with Crippen LogP contribution in [0, 0.1) is 0 Å². The summed E-state index contributed by atoms with van der Waals surface area (Å²) < 4.78 is 0. The van der Waals surface area contributed by atoms with Crippen molar-refractivity contribution in [1.29, 1.82) is 0 Å². The first kappa shape index (κ1) is 10.6. The van der Waals surface area contributed by atoms with Gasteiger partial charge in [0.25, 0.3) is 5.56 Å². The molecule has 2 heterocycles. The van der Waals surface area contributed by atoms with Crippen LogP contribution in [-0.4, -0.2) is 22.2 Å². The van der Waals surface area contributed by atoms with Gasteiger partial charge in [0.05, 0.1) is 11.7 Å². The van der Waals surface area contributed by atoms with Crippen molar-refractivity contribution < 1.29 is 0 Å². The zero-order chi connectivity index (χ0) is 11.4. The summed E-state index contributed by atoms with van der Waals surface area (Å²) >= 11 is 0. The van der Waals surface area contributed by atoms with Crippen molar-refractivity contribution in [1.82, 2.24) is 9.97 Å². The number of hydrogen-bond acceptors (Lipinski definition) is 4. The van der Waals surface area contributed by atoms with Crippen molar-refractivity contribution in [3.63, 3.8) is 0 Å². The summed E-state index contributed by atoms with van der Waals surface area (Å²) in [5.74, 6) is 0.445. The number of hydrogen-bond donors (Lipinski definition) is 2. The van der Waals surface area contributed by atoms with E-state index in [0.717, 1.165) is 18.5 Å². The Balaban J connectivity index is 2.04. The lowest BCUT2D eigenvalue weighted by atomic mass is 10.1. The lowest BCUT2D eigenvalue weighted by Gasteiger charge is -2.14. The largest absolute Gasteiger partial charge is 0.325 e. The molecule has 0 radical (unpaired) electrons. The van der Waals surface area contributed by atoms with Gasteiger partial charge in [-0.15, -0.1) is 0 Å². The van der Waals surface area contributed by atoms with E-state index in [-0.39, 0.29) is 5.56 Å². The fraction of sp³-hybridized carbons (Fsp3) is 0.364. The van der Waals surface area contributed by atoms with Crippen LogP contribution in [0.5, 0.6) is 0 Å². The van der Waals surface area contributed by atoms with Gasteiger partial charge in [0.2, 0.25) is 5.95 Å². The molecule has 0 bridgehead atoms. The van der Waals surface area contributed by atoms with Crippen molar-refractivity contribution in [3.8, 4) is 0 Å². The van der Waals surface area contributed by atoms with Gasteiger partial charge in [-0.3, -0.25) is 14.8 Å². The van der Waals surface area contributed by atoms with E-state index in [1.165, 1.54) is 12.3 Å². The molecule has 2 rings (SSSR count). The highest BCUT2D eigenvalue weighted by atomic mass is 16.1. The normalized spacial score (nSPS) is 19.3. The molecule has 1 aromatic rings. The van der Waals surface area contributed by atoms with Crippen LogP contribution in [-0.2, 0) is 0 Å². The van der Waals surface area contributed by atoms with Crippen LogP contribution >= 0.6 is 0 Å². The Bertz CT molecular complexity index is 475. The lowest BCUT2D eigenvalue weighted by molar-refractivity contribution is 0.657. The molecule has 1 aliphatic rings. The highest BCUT2D eigenvalue weighted by molar-refractivity contribution is 5.83. The summed E-state index contributed by atoms with van der Waals surface area (Å²) in [4.78, 5) is 22.0. The number of rotatable bonds is 3. The molecule has 0 saturated carbocycles. The third-order valence-electron chi connectivity index (χ3n) is 2.44. The lowest BCUT2D eigenvalue weighted by Crippen LogP contribution is -2.15. The third-order valence-corrected chi connectivity index (χ3v) is 2.44. The number of nitrogens with zero attached hydrogens (tertiary/aromatic N) is 2. The summed E-state index contributed by atoms with van der Waals surface area (Å²) in [7, 11) is 0. The molecule has 2 N–H and O–H groups in total. The summed E-state index contributed by atoms with van der Waals surface area (Å²) in [5, 5.41) is 3.01. The molecule has 0 amide bonds. The van der Waals surface area contributed by atoms with Crippen LogP contribution in [0.25, 0.3) is 0 Å². The first-order chi connectivity index (χ1) is 7.78. The Morgan fingerprint density at radius 2 is 2.50 bits per heavy atom. The van der Waals surface area contributed by atoms with Gasteiger partial charge < -0.3 is 5.32 Å². The molecule has 0 saturated heterocycles. The van der Waals surface area contributed by atoms with Crippen LogP contribution < -0.4 is 10.9 Å². The molecule has 5 heteroatoms. The van der Waals surface area contributed by atoms with Crippen LogP contribution in [0.1, 0.15) is 19.8 Å². The third kappa shape index (κ3) is 2.56. The van der Waals surface area contributed by atoms with E-state index in [1.807, 2.05) is 0 Å². The molecule has 84 valence electrons. The number of aromatic nitrogens is 2. The fourth-order valence-electron chi connectivity index (χ4n) is 1.49. The summed E-state index contributed by atoms with van der Waals surface area (Å²) in [5.41, 5.74) is 0.705. The van der Waals surface area contributed by atoms with Gasteiger partial charge in [-0.2, -0.15) is 0 Å². The highest BCUT2D eigenvalue weighted by Crippen LogP contribution is 2.11. The molecule has 5 nitrogen and oxygen atoms in total. The van der Waals surface area contributed by atoms with Crippen molar-refractivity contribution in [2.24, 2.45) is 4.99 Å². The Morgan fingerprint density at radius 1 is 1.62 bits per heavy atom. The number of nitrogens with one attached hydrogen (secondary N) is 2. The van der Waals surface area contributed by atoms with Gasteiger partial charge in [-0.1, -0.05) is 13.0 Å². The molecule has 1 atom stereocenters. The number of anilines is 1. The summed E-state index contributed by atoms with van der Waals surface area (Å²) in [6, 6.07) is 1.76. The molecule has 1 aromatic heterocycles. The predicted octanol–water partition coefficient (Wildman–Crippen LogP) is 1.32. The molecular formula is C11H14N4O. The Morgan fingerprint density at radius 3 is 3.12 bits per heavy atom. The predicted molar refractivity (Wildman–Crippen MR) is 63.8 cm³/mol. The first-order valence-corrected chi connectivity index (χ1v) is 5.33. The van der Waals surface area contributed by atoms with Gasteiger partial charge in [0.15, 0.2) is 0 Å². The second kappa shape index (κ2) is 4.74. The van der Waals surface area contributed by atoms with E-state index in [2.05, 4.69) is 33.3 Å². The van der Waals surface area contributed by atoms with Crippen molar-refractivity contribution in [2.75, 3.05) is 5.32 Å². The van der Waals surface area contributed by atoms with Crippen LogP contribution in [0.3, 0.4) is 0 Å². The second-order valence-corrected chi connectivity index (χ2v) is 3.64. The molecular weight excluding hydrogens is 204 g/mol. The average molecular weight is 218 g/mol. The van der Waals surface area contributed by atoms with E-state index >= 15 is 0 Å². The van der Waals surface area contributed by atoms with E-state index < -0.39 is 0 Å². The Kier molecular flexibility index (Phi) is 3.14. The van der Waals surface area contributed by atoms with Crippen molar-refractivity contribution >= 4 is 12.2 Å². The van der Waals surface area contributed by atoms with Crippen molar-refractivity contribution in [2.45, 2.75) is 25.8 Å². The minimum Gasteiger partial charge on any atom is -0.325 e. The minimum atomic E-state index is -0.169. The first-order valence-electron chi connectivity index (χ1n) is 5.33. The van der Waals surface area contributed by atoms with Gasteiger partial charge >= 0.3 is 0 Å². The zero-order valence-electron chi connectivity index (χ0n) is 9.10.